The second-order valence-electron chi connectivity index (χ2n) is 7.04. The van der Waals surface area contributed by atoms with Gasteiger partial charge in [-0.15, -0.1) is 0 Å². The van der Waals surface area contributed by atoms with Crippen molar-refractivity contribution in [2.75, 3.05) is 25.6 Å². The van der Waals surface area contributed by atoms with Gasteiger partial charge < -0.3 is 24.8 Å². The molecule has 0 saturated carbocycles. The van der Waals surface area contributed by atoms with Crippen molar-refractivity contribution in [1.29, 1.82) is 0 Å². The van der Waals surface area contributed by atoms with Gasteiger partial charge >= 0.3 is 11.8 Å². The van der Waals surface area contributed by atoms with Gasteiger partial charge in [-0.1, -0.05) is 6.07 Å². The average Bonchev–Trinajstić information content (AvgIpc) is 2.78. The van der Waals surface area contributed by atoms with Gasteiger partial charge in [0.1, 0.15) is 5.75 Å². The minimum atomic E-state index is -0.869. The molecule has 0 fully saturated rings. The molecule has 0 aromatic heterocycles. The highest BCUT2D eigenvalue weighted by molar-refractivity contribution is 6.35. The number of amides is 3. The lowest BCUT2D eigenvalue weighted by Crippen LogP contribution is -2.41. The summed E-state index contributed by atoms with van der Waals surface area (Å²) in [6.45, 7) is 5.45. The number of nitrogens with zero attached hydrogens (tertiary/aromatic N) is 1. The van der Waals surface area contributed by atoms with E-state index in [1.807, 2.05) is 6.92 Å². The third-order valence-electron chi connectivity index (χ3n) is 3.99. The fourth-order valence-electron chi connectivity index (χ4n) is 2.58. The minimum absolute atomic E-state index is 0.161. The van der Waals surface area contributed by atoms with Crippen molar-refractivity contribution in [3.8, 4) is 17.2 Å². The number of carbonyl (C=O) groups is 3. The first-order valence-corrected chi connectivity index (χ1v) is 10.3. The molecule has 33 heavy (non-hydrogen) atoms. The Balaban J connectivity index is 1.97. The first-order chi connectivity index (χ1) is 15.8. The third kappa shape index (κ3) is 8.52. The zero-order chi connectivity index (χ0) is 24.2. The third-order valence-corrected chi connectivity index (χ3v) is 3.99. The van der Waals surface area contributed by atoms with Crippen molar-refractivity contribution >= 4 is 29.6 Å². The lowest BCUT2D eigenvalue weighted by atomic mass is 10.2. The Kier molecular flexibility index (Phi) is 9.69. The predicted molar refractivity (Wildman–Crippen MR) is 124 cm³/mol. The number of hydrazone groups is 1. The van der Waals surface area contributed by atoms with Crippen molar-refractivity contribution in [2.24, 2.45) is 5.10 Å². The number of ether oxygens (including phenoxy) is 3. The van der Waals surface area contributed by atoms with Crippen molar-refractivity contribution in [2.45, 2.75) is 26.8 Å². The van der Waals surface area contributed by atoms with Crippen LogP contribution >= 0.6 is 0 Å². The van der Waals surface area contributed by atoms with Crippen molar-refractivity contribution in [3.63, 3.8) is 0 Å². The summed E-state index contributed by atoms with van der Waals surface area (Å²) in [6.07, 6.45) is 1.36. The molecule has 0 unspecified atom stereocenters. The summed E-state index contributed by atoms with van der Waals surface area (Å²) in [4.78, 5) is 35.5. The van der Waals surface area contributed by atoms with Gasteiger partial charge in [-0.05, 0) is 56.7 Å². The Morgan fingerprint density at radius 2 is 1.82 bits per heavy atom. The number of carbonyl (C=O) groups excluding carboxylic acids is 3. The molecule has 0 saturated heterocycles. The second kappa shape index (κ2) is 12.7. The molecular formula is C23H28N4O6. The van der Waals surface area contributed by atoms with E-state index in [1.54, 1.807) is 63.4 Å². The van der Waals surface area contributed by atoms with E-state index in [2.05, 4.69) is 21.2 Å². The van der Waals surface area contributed by atoms with Crippen molar-refractivity contribution in [1.82, 2.24) is 10.7 Å². The highest BCUT2D eigenvalue weighted by Crippen LogP contribution is 2.28. The van der Waals surface area contributed by atoms with Crippen LogP contribution in [0, 0.1) is 0 Å². The van der Waals surface area contributed by atoms with Crippen LogP contribution in [-0.2, 0) is 14.4 Å². The standard InChI is InChI=1S/C23H28N4O6/c1-5-32-20-11-16(13-24-27-23(30)22(29)25-15(2)3)9-10-19(20)33-14-21(28)26-17-7-6-8-18(12-17)31-4/h6-13,15H,5,14H2,1-4H3,(H,25,29)(H,26,28)(H,27,30)/b24-13-. The summed E-state index contributed by atoms with van der Waals surface area (Å²) >= 11 is 0. The van der Waals surface area contributed by atoms with Gasteiger partial charge in [0.05, 0.1) is 19.9 Å². The summed E-state index contributed by atoms with van der Waals surface area (Å²) in [6, 6.07) is 11.8. The van der Waals surface area contributed by atoms with Crippen molar-refractivity contribution < 1.29 is 28.6 Å². The van der Waals surface area contributed by atoms with E-state index >= 15 is 0 Å². The molecule has 0 aliphatic heterocycles. The molecule has 2 aromatic rings. The van der Waals surface area contributed by atoms with E-state index < -0.39 is 11.8 Å². The fraction of sp³-hybridized carbons (Fsp3) is 0.304. The number of benzene rings is 2. The molecule has 0 spiro atoms. The largest absolute Gasteiger partial charge is 0.497 e. The predicted octanol–water partition coefficient (Wildman–Crippen LogP) is 2.09. The Morgan fingerprint density at radius 3 is 2.52 bits per heavy atom. The van der Waals surface area contributed by atoms with Crippen LogP contribution in [0.25, 0.3) is 0 Å². The maximum atomic E-state index is 12.2. The molecule has 0 heterocycles. The molecule has 10 heteroatoms. The normalized spacial score (nSPS) is 10.6. The Bertz CT molecular complexity index is 1010. The van der Waals surface area contributed by atoms with Crippen LogP contribution in [0.4, 0.5) is 5.69 Å². The average molecular weight is 456 g/mol. The molecule has 2 aromatic carbocycles. The topological polar surface area (TPSA) is 127 Å². The zero-order valence-corrected chi connectivity index (χ0v) is 19.0. The number of nitrogens with one attached hydrogen (secondary N) is 3. The number of rotatable bonds is 10. The van der Waals surface area contributed by atoms with Crippen LogP contribution in [0.3, 0.4) is 0 Å². The molecule has 176 valence electrons. The summed E-state index contributed by atoms with van der Waals surface area (Å²) in [5.74, 6) is -0.588. The molecule has 0 radical (unpaired) electrons. The lowest BCUT2D eigenvalue weighted by Gasteiger charge is -2.13. The van der Waals surface area contributed by atoms with E-state index in [0.717, 1.165) is 0 Å². The highest BCUT2D eigenvalue weighted by atomic mass is 16.5. The van der Waals surface area contributed by atoms with Gasteiger partial charge in [0, 0.05) is 17.8 Å². The Hall–Kier alpha value is -4.08. The molecular weight excluding hydrogens is 428 g/mol. The summed E-state index contributed by atoms with van der Waals surface area (Å²) < 4.78 is 16.3. The fourth-order valence-corrected chi connectivity index (χ4v) is 2.58. The second-order valence-corrected chi connectivity index (χ2v) is 7.04. The summed E-state index contributed by atoms with van der Waals surface area (Å²) in [5.41, 5.74) is 3.34. The van der Waals surface area contributed by atoms with Gasteiger partial charge in [0.2, 0.25) is 0 Å². The summed E-state index contributed by atoms with van der Waals surface area (Å²) in [5, 5.41) is 8.98. The van der Waals surface area contributed by atoms with Crippen molar-refractivity contribution in [3.05, 3.63) is 48.0 Å². The molecule has 2 rings (SSSR count). The van der Waals surface area contributed by atoms with Gasteiger partial charge in [0.25, 0.3) is 5.91 Å². The number of anilines is 1. The van der Waals surface area contributed by atoms with Crippen LogP contribution in [0.15, 0.2) is 47.6 Å². The maximum Gasteiger partial charge on any atom is 0.329 e. The minimum Gasteiger partial charge on any atom is -0.497 e. The van der Waals surface area contributed by atoms with Gasteiger partial charge in [-0.25, -0.2) is 5.43 Å². The first-order valence-electron chi connectivity index (χ1n) is 10.3. The highest BCUT2D eigenvalue weighted by Gasteiger charge is 2.13. The van der Waals surface area contributed by atoms with Gasteiger partial charge in [-0.3, -0.25) is 14.4 Å². The van der Waals surface area contributed by atoms with Crippen LogP contribution in [0.5, 0.6) is 17.2 Å². The SMILES string of the molecule is CCOc1cc(/C=N\NC(=O)C(=O)NC(C)C)ccc1OCC(=O)Nc1cccc(OC)c1. The van der Waals surface area contributed by atoms with E-state index in [0.29, 0.717) is 35.1 Å². The first kappa shape index (κ1) is 25.2. The number of hydrogen-bond donors (Lipinski definition) is 3. The van der Waals surface area contributed by atoms with Gasteiger partial charge in [0.15, 0.2) is 18.1 Å². The molecule has 3 amide bonds. The summed E-state index contributed by atoms with van der Waals surface area (Å²) in [7, 11) is 1.55. The quantitative estimate of drug-likeness (QED) is 0.285. The van der Waals surface area contributed by atoms with E-state index in [4.69, 9.17) is 14.2 Å². The van der Waals surface area contributed by atoms with Crippen LogP contribution < -0.4 is 30.3 Å². The van der Waals surface area contributed by atoms with E-state index in [-0.39, 0.29) is 18.6 Å². The lowest BCUT2D eigenvalue weighted by molar-refractivity contribution is -0.139. The smallest absolute Gasteiger partial charge is 0.329 e. The zero-order valence-electron chi connectivity index (χ0n) is 19.0. The van der Waals surface area contributed by atoms with E-state index in [9.17, 15) is 14.4 Å². The number of methoxy groups -OCH3 is 1. The monoisotopic (exact) mass is 456 g/mol. The maximum absolute atomic E-state index is 12.2. The number of hydrogen-bond acceptors (Lipinski definition) is 7. The van der Waals surface area contributed by atoms with Gasteiger partial charge in [-0.2, -0.15) is 5.10 Å². The van der Waals surface area contributed by atoms with Crippen LogP contribution in [-0.4, -0.2) is 50.3 Å². The van der Waals surface area contributed by atoms with E-state index in [1.165, 1.54) is 6.21 Å². The molecule has 10 nitrogen and oxygen atoms in total. The molecule has 0 atom stereocenters. The Labute approximate surface area is 192 Å². The Morgan fingerprint density at radius 1 is 1.03 bits per heavy atom. The van der Waals surface area contributed by atoms with Crippen LogP contribution in [0.1, 0.15) is 26.3 Å². The molecule has 0 aliphatic rings. The van der Waals surface area contributed by atoms with Crippen LogP contribution in [0.2, 0.25) is 0 Å². The molecule has 0 bridgehead atoms. The molecule has 0 aliphatic carbocycles. The molecule has 3 N–H and O–H groups in total.